The monoisotopic (exact) mass is 289 g/mol. The molecule has 0 spiro atoms. The maximum atomic E-state index is 12.2. The molecule has 1 atom stereocenters. The number of carboxylic acids is 1. The molecule has 0 aliphatic rings. The molecule has 0 saturated heterocycles. The van der Waals surface area contributed by atoms with Crippen LogP contribution in [0.25, 0.3) is 5.65 Å². The molecule has 21 heavy (non-hydrogen) atoms. The van der Waals surface area contributed by atoms with Crippen LogP contribution in [0.3, 0.4) is 0 Å². The number of amides is 1. The van der Waals surface area contributed by atoms with E-state index >= 15 is 0 Å². The molecule has 2 rings (SSSR count). The van der Waals surface area contributed by atoms with E-state index in [9.17, 15) is 9.59 Å². The fourth-order valence-corrected chi connectivity index (χ4v) is 2.18. The van der Waals surface area contributed by atoms with Crippen molar-refractivity contribution in [2.24, 2.45) is 5.92 Å². The number of aromatic nitrogens is 2. The maximum Gasteiger partial charge on any atom is 0.326 e. The number of fused-ring (bicyclic) bond motifs is 1. The van der Waals surface area contributed by atoms with Crippen molar-refractivity contribution in [2.45, 2.75) is 33.2 Å². The second-order valence-corrected chi connectivity index (χ2v) is 5.56. The third kappa shape index (κ3) is 3.59. The number of aryl methyl sites for hydroxylation is 1. The van der Waals surface area contributed by atoms with Gasteiger partial charge in [-0.15, -0.1) is 0 Å². The van der Waals surface area contributed by atoms with Crippen LogP contribution in [0, 0.1) is 12.8 Å². The predicted molar refractivity (Wildman–Crippen MR) is 78.3 cm³/mol. The molecule has 2 heterocycles. The first-order valence-electron chi connectivity index (χ1n) is 6.86. The summed E-state index contributed by atoms with van der Waals surface area (Å²) in [6.07, 6.45) is 3.99. The number of hydrogen-bond donors (Lipinski definition) is 2. The highest BCUT2D eigenvalue weighted by Crippen LogP contribution is 2.10. The van der Waals surface area contributed by atoms with Crippen LogP contribution in [0.4, 0.5) is 0 Å². The van der Waals surface area contributed by atoms with E-state index in [-0.39, 0.29) is 5.92 Å². The molecule has 1 unspecified atom stereocenters. The average molecular weight is 289 g/mol. The topological polar surface area (TPSA) is 83.7 Å². The van der Waals surface area contributed by atoms with Crippen molar-refractivity contribution < 1.29 is 14.7 Å². The SMILES string of the molecule is Cc1cn2ccc(C(=O)NC(CC(C)C)C(=O)O)cc2n1. The highest BCUT2D eigenvalue weighted by atomic mass is 16.4. The summed E-state index contributed by atoms with van der Waals surface area (Å²) in [6, 6.07) is 2.42. The largest absolute Gasteiger partial charge is 0.480 e. The molecule has 0 radical (unpaired) electrons. The minimum absolute atomic E-state index is 0.184. The van der Waals surface area contributed by atoms with Gasteiger partial charge in [0.1, 0.15) is 11.7 Å². The molecule has 0 aliphatic carbocycles. The summed E-state index contributed by atoms with van der Waals surface area (Å²) in [4.78, 5) is 27.7. The Labute approximate surface area is 122 Å². The van der Waals surface area contributed by atoms with E-state index in [1.165, 1.54) is 0 Å². The van der Waals surface area contributed by atoms with E-state index in [0.29, 0.717) is 17.6 Å². The standard InChI is InChI=1S/C15H19N3O3/c1-9(2)6-12(15(20)21)17-14(19)11-4-5-18-8-10(3)16-13(18)7-11/h4-5,7-9,12H,6H2,1-3H3,(H,17,19)(H,20,21). The summed E-state index contributed by atoms with van der Waals surface area (Å²) in [5.41, 5.74) is 1.93. The number of nitrogens with zero attached hydrogens (tertiary/aromatic N) is 2. The zero-order valence-corrected chi connectivity index (χ0v) is 12.3. The summed E-state index contributed by atoms with van der Waals surface area (Å²) in [6.45, 7) is 5.71. The van der Waals surface area contributed by atoms with Crippen LogP contribution in [-0.4, -0.2) is 32.4 Å². The minimum atomic E-state index is -1.02. The summed E-state index contributed by atoms with van der Waals surface area (Å²) in [5, 5.41) is 11.7. The summed E-state index contributed by atoms with van der Waals surface area (Å²) in [7, 11) is 0. The number of carbonyl (C=O) groups is 2. The maximum absolute atomic E-state index is 12.2. The summed E-state index contributed by atoms with van der Waals surface area (Å²) >= 11 is 0. The molecule has 0 saturated carbocycles. The number of pyridine rings is 1. The Bertz CT molecular complexity index is 676. The number of imidazole rings is 1. The Morgan fingerprint density at radius 3 is 2.76 bits per heavy atom. The lowest BCUT2D eigenvalue weighted by Gasteiger charge is -2.16. The third-order valence-corrected chi connectivity index (χ3v) is 3.15. The Hall–Kier alpha value is -2.37. The molecule has 6 nitrogen and oxygen atoms in total. The third-order valence-electron chi connectivity index (χ3n) is 3.15. The molecule has 0 fully saturated rings. The van der Waals surface area contributed by atoms with Crippen molar-refractivity contribution in [1.29, 1.82) is 0 Å². The van der Waals surface area contributed by atoms with E-state index in [1.807, 2.05) is 31.4 Å². The van der Waals surface area contributed by atoms with Gasteiger partial charge >= 0.3 is 5.97 Å². The summed E-state index contributed by atoms with van der Waals surface area (Å²) in [5.74, 6) is -1.23. The van der Waals surface area contributed by atoms with Crippen LogP contribution >= 0.6 is 0 Å². The van der Waals surface area contributed by atoms with Crippen molar-refractivity contribution in [2.75, 3.05) is 0 Å². The van der Waals surface area contributed by atoms with Crippen molar-refractivity contribution >= 4 is 17.5 Å². The lowest BCUT2D eigenvalue weighted by atomic mass is 10.0. The molecule has 0 aromatic carbocycles. The van der Waals surface area contributed by atoms with Crippen LogP contribution in [0.1, 0.15) is 36.3 Å². The lowest BCUT2D eigenvalue weighted by Crippen LogP contribution is -2.41. The Morgan fingerprint density at radius 1 is 1.43 bits per heavy atom. The molecule has 2 aromatic heterocycles. The van der Waals surface area contributed by atoms with Gasteiger partial charge in [0.25, 0.3) is 5.91 Å². The van der Waals surface area contributed by atoms with Gasteiger partial charge in [0.05, 0.1) is 5.69 Å². The number of carbonyl (C=O) groups excluding carboxylic acids is 1. The summed E-state index contributed by atoms with van der Waals surface area (Å²) < 4.78 is 1.81. The first-order chi connectivity index (χ1) is 9.86. The Kier molecular flexibility index (Phi) is 4.26. The van der Waals surface area contributed by atoms with Crippen molar-refractivity contribution in [3.63, 3.8) is 0 Å². The van der Waals surface area contributed by atoms with Crippen LogP contribution in [0.2, 0.25) is 0 Å². The Morgan fingerprint density at radius 2 is 2.14 bits per heavy atom. The van der Waals surface area contributed by atoms with E-state index in [0.717, 1.165) is 5.69 Å². The van der Waals surface area contributed by atoms with E-state index < -0.39 is 17.9 Å². The lowest BCUT2D eigenvalue weighted by molar-refractivity contribution is -0.139. The van der Waals surface area contributed by atoms with Crippen molar-refractivity contribution in [1.82, 2.24) is 14.7 Å². The van der Waals surface area contributed by atoms with Crippen LogP contribution in [0.5, 0.6) is 0 Å². The van der Waals surface area contributed by atoms with Crippen LogP contribution in [-0.2, 0) is 4.79 Å². The molecule has 2 N–H and O–H groups in total. The molecular formula is C15H19N3O3. The number of aliphatic carboxylic acids is 1. The molecular weight excluding hydrogens is 270 g/mol. The molecule has 6 heteroatoms. The van der Waals surface area contributed by atoms with Gasteiger partial charge in [-0.1, -0.05) is 13.8 Å². The molecule has 0 bridgehead atoms. The number of rotatable bonds is 5. The fraction of sp³-hybridized carbons (Fsp3) is 0.400. The zero-order chi connectivity index (χ0) is 15.6. The number of nitrogens with one attached hydrogen (secondary N) is 1. The second kappa shape index (κ2) is 5.95. The van der Waals surface area contributed by atoms with Crippen LogP contribution in [0.15, 0.2) is 24.5 Å². The van der Waals surface area contributed by atoms with Crippen molar-refractivity contribution in [3.8, 4) is 0 Å². The smallest absolute Gasteiger partial charge is 0.326 e. The van der Waals surface area contributed by atoms with Gasteiger partial charge in [-0.25, -0.2) is 9.78 Å². The van der Waals surface area contributed by atoms with Gasteiger partial charge in [-0.2, -0.15) is 0 Å². The van der Waals surface area contributed by atoms with Gasteiger partial charge in [0.2, 0.25) is 0 Å². The molecule has 0 aliphatic heterocycles. The highest BCUT2D eigenvalue weighted by molar-refractivity contribution is 5.97. The quantitative estimate of drug-likeness (QED) is 0.880. The average Bonchev–Trinajstić information content (AvgIpc) is 2.76. The minimum Gasteiger partial charge on any atom is -0.480 e. The van der Waals surface area contributed by atoms with E-state index in [2.05, 4.69) is 10.3 Å². The zero-order valence-electron chi connectivity index (χ0n) is 12.3. The van der Waals surface area contributed by atoms with Gasteiger partial charge in [0, 0.05) is 18.0 Å². The van der Waals surface area contributed by atoms with Crippen LogP contribution < -0.4 is 5.32 Å². The van der Waals surface area contributed by atoms with E-state index in [1.54, 1.807) is 18.3 Å². The normalized spacial score (nSPS) is 12.6. The Balaban J connectivity index is 2.18. The first-order valence-corrected chi connectivity index (χ1v) is 6.86. The van der Waals surface area contributed by atoms with E-state index in [4.69, 9.17) is 5.11 Å². The van der Waals surface area contributed by atoms with Gasteiger partial charge in [-0.05, 0) is 31.4 Å². The molecule has 1 amide bonds. The predicted octanol–water partition coefficient (Wildman–Crippen LogP) is 1.87. The van der Waals surface area contributed by atoms with Gasteiger partial charge in [-0.3, -0.25) is 4.79 Å². The van der Waals surface area contributed by atoms with Crippen molar-refractivity contribution in [3.05, 3.63) is 35.8 Å². The number of carboxylic acid groups (broad SMARTS) is 1. The highest BCUT2D eigenvalue weighted by Gasteiger charge is 2.21. The second-order valence-electron chi connectivity index (χ2n) is 5.56. The molecule has 2 aromatic rings. The molecule has 112 valence electrons. The van der Waals surface area contributed by atoms with Gasteiger partial charge < -0.3 is 14.8 Å². The fourth-order valence-electron chi connectivity index (χ4n) is 2.18. The first kappa shape index (κ1) is 15.0. The number of hydrogen-bond acceptors (Lipinski definition) is 3. The van der Waals surface area contributed by atoms with Gasteiger partial charge in [0.15, 0.2) is 0 Å².